The molecule has 25 heavy (non-hydrogen) atoms. The maximum absolute atomic E-state index is 12.0. The van der Waals surface area contributed by atoms with Crippen LogP contribution in [0.4, 0.5) is 5.69 Å². The predicted octanol–water partition coefficient (Wildman–Crippen LogP) is 2.66. The second kappa shape index (κ2) is 7.07. The molecule has 6 nitrogen and oxygen atoms in total. The third-order valence-electron chi connectivity index (χ3n) is 4.46. The smallest absolute Gasteiger partial charge is 0.163 e. The molecule has 3 rings (SSSR count). The Hall–Kier alpha value is -2.02. The summed E-state index contributed by atoms with van der Waals surface area (Å²) in [4.78, 5) is 6.56. The first-order valence-corrected chi connectivity index (χ1v) is 10.3. The first kappa shape index (κ1) is 17.8. The molecule has 2 heterocycles. The van der Waals surface area contributed by atoms with Crippen molar-refractivity contribution in [2.75, 3.05) is 37.0 Å². The van der Waals surface area contributed by atoms with Crippen LogP contribution in [0, 0.1) is 0 Å². The summed E-state index contributed by atoms with van der Waals surface area (Å²) >= 11 is 0. The molecule has 2 aromatic rings. The predicted molar refractivity (Wildman–Crippen MR) is 99.5 cm³/mol. The molecule has 1 aliphatic rings. The Morgan fingerprint density at radius 2 is 1.88 bits per heavy atom. The largest absolute Gasteiger partial charge is 0.490 e. The molecule has 1 aromatic carbocycles. The van der Waals surface area contributed by atoms with Gasteiger partial charge in [0.2, 0.25) is 0 Å². The number of hydrogen-bond donors (Lipinski definition) is 0. The molecule has 0 spiro atoms. The number of fused-ring (bicyclic) bond motifs is 1. The van der Waals surface area contributed by atoms with Gasteiger partial charge in [0.05, 0.1) is 29.7 Å². The minimum Gasteiger partial charge on any atom is -0.490 e. The monoisotopic (exact) mass is 364 g/mol. The number of sulfone groups is 1. The first-order chi connectivity index (χ1) is 12.0. The molecule has 1 unspecified atom stereocenters. The summed E-state index contributed by atoms with van der Waals surface area (Å²) in [6, 6.07) is 5.76. The van der Waals surface area contributed by atoms with Gasteiger partial charge in [-0.05, 0) is 32.9 Å². The Morgan fingerprint density at radius 3 is 2.52 bits per heavy atom. The fourth-order valence-corrected chi connectivity index (χ4v) is 4.41. The van der Waals surface area contributed by atoms with E-state index in [1.807, 2.05) is 32.0 Å². The third-order valence-corrected chi connectivity index (χ3v) is 6.59. The van der Waals surface area contributed by atoms with Gasteiger partial charge in [0.25, 0.3) is 0 Å². The van der Waals surface area contributed by atoms with E-state index < -0.39 is 9.84 Å². The lowest BCUT2D eigenvalue weighted by Gasteiger charge is -2.33. The molecule has 7 heteroatoms. The highest BCUT2D eigenvalue weighted by Gasteiger charge is 2.30. The van der Waals surface area contributed by atoms with Crippen molar-refractivity contribution in [3.63, 3.8) is 0 Å². The van der Waals surface area contributed by atoms with Crippen LogP contribution in [0.2, 0.25) is 0 Å². The van der Waals surface area contributed by atoms with Crippen molar-refractivity contribution in [3.05, 3.63) is 24.4 Å². The van der Waals surface area contributed by atoms with Crippen molar-refractivity contribution >= 4 is 26.4 Å². The lowest BCUT2D eigenvalue weighted by molar-refractivity contribution is 0.288. The van der Waals surface area contributed by atoms with E-state index >= 15 is 0 Å². The van der Waals surface area contributed by atoms with Gasteiger partial charge in [-0.2, -0.15) is 0 Å². The summed E-state index contributed by atoms with van der Waals surface area (Å²) in [6.07, 6.45) is 1.75. The van der Waals surface area contributed by atoms with Gasteiger partial charge >= 0.3 is 0 Å². The van der Waals surface area contributed by atoms with Gasteiger partial charge in [-0.3, -0.25) is 4.98 Å². The number of aromatic nitrogens is 1. The van der Waals surface area contributed by atoms with E-state index in [-0.39, 0.29) is 11.0 Å². The maximum Gasteiger partial charge on any atom is 0.163 e. The number of benzene rings is 1. The van der Waals surface area contributed by atoms with E-state index in [1.54, 1.807) is 13.1 Å². The number of nitrogens with zero attached hydrogens (tertiary/aromatic N) is 2. The summed E-state index contributed by atoms with van der Waals surface area (Å²) in [5.74, 6) is 1.53. The van der Waals surface area contributed by atoms with Crippen LogP contribution in [0.3, 0.4) is 0 Å². The van der Waals surface area contributed by atoms with Gasteiger partial charge in [-0.1, -0.05) is 0 Å². The zero-order chi connectivity index (χ0) is 18.0. The van der Waals surface area contributed by atoms with Gasteiger partial charge in [-0.15, -0.1) is 0 Å². The summed E-state index contributed by atoms with van der Waals surface area (Å²) < 4.78 is 35.4. The van der Waals surface area contributed by atoms with Crippen molar-refractivity contribution in [2.24, 2.45) is 0 Å². The van der Waals surface area contributed by atoms with Gasteiger partial charge in [0.1, 0.15) is 0 Å². The minimum absolute atomic E-state index is 0.174. The molecule has 1 fully saturated rings. The van der Waals surface area contributed by atoms with E-state index in [9.17, 15) is 8.42 Å². The average molecular weight is 364 g/mol. The number of hydrogen-bond acceptors (Lipinski definition) is 6. The molecule has 0 N–H and O–H groups in total. The van der Waals surface area contributed by atoms with Gasteiger partial charge in [-0.25, -0.2) is 8.42 Å². The van der Waals surface area contributed by atoms with Crippen LogP contribution in [0.15, 0.2) is 24.4 Å². The van der Waals surface area contributed by atoms with Gasteiger partial charge < -0.3 is 14.4 Å². The molecule has 1 atom stereocenters. The van der Waals surface area contributed by atoms with Crippen LogP contribution in [-0.2, 0) is 9.84 Å². The fourth-order valence-electron chi connectivity index (χ4n) is 3.12. The Morgan fingerprint density at radius 1 is 1.20 bits per heavy atom. The Kier molecular flexibility index (Phi) is 5.03. The van der Waals surface area contributed by atoms with Crippen LogP contribution in [-0.4, -0.2) is 50.7 Å². The Labute approximate surface area is 148 Å². The first-order valence-electron chi connectivity index (χ1n) is 8.61. The highest BCUT2D eigenvalue weighted by molar-refractivity contribution is 7.92. The van der Waals surface area contributed by atoms with E-state index in [0.29, 0.717) is 37.8 Å². The Balaban J connectivity index is 2.05. The molecule has 0 amide bonds. The highest BCUT2D eigenvalue weighted by atomic mass is 32.2. The SMILES string of the molecule is CCOc1cc2nccc(N3CCS(=O)(=O)C(C)C3)c2cc1OCC. The molecule has 1 aliphatic heterocycles. The molecule has 0 bridgehead atoms. The number of pyridine rings is 1. The molecular weight excluding hydrogens is 340 g/mol. The topological polar surface area (TPSA) is 68.7 Å². The van der Waals surface area contributed by atoms with Crippen molar-refractivity contribution < 1.29 is 17.9 Å². The van der Waals surface area contributed by atoms with Crippen molar-refractivity contribution in [3.8, 4) is 11.5 Å². The summed E-state index contributed by atoms with van der Waals surface area (Å²) in [5.41, 5.74) is 1.79. The zero-order valence-electron chi connectivity index (χ0n) is 14.9. The molecule has 1 aromatic heterocycles. The number of anilines is 1. The standard InChI is InChI=1S/C18H24N2O4S/c1-4-23-17-10-14-15(11-18(17)24-5-2)19-7-6-16(14)20-8-9-25(21,22)13(3)12-20/h6-7,10-11,13H,4-5,8-9,12H2,1-3H3. The molecule has 0 saturated carbocycles. The van der Waals surface area contributed by atoms with Crippen LogP contribution in [0.25, 0.3) is 10.9 Å². The second-order valence-electron chi connectivity index (χ2n) is 6.14. The second-order valence-corrected chi connectivity index (χ2v) is 8.67. The summed E-state index contributed by atoms with van der Waals surface area (Å²) in [7, 11) is -2.99. The van der Waals surface area contributed by atoms with E-state index in [2.05, 4.69) is 9.88 Å². The van der Waals surface area contributed by atoms with E-state index in [0.717, 1.165) is 16.6 Å². The van der Waals surface area contributed by atoms with Gasteiger partial charge in [0, 0.05) is 36.4 Å². The number of ether oxygens (including phenoxy) is 2. The molecule has 0 aliphatic carbocycles. The quantitative estimate of drug-likeness (QED) is 0.812. The molecule has 136 valence electrons. The van der Waals surface area contributed by atoms with Crippen molar-refractivity contribution in [1.82, 2.24) is 4.98 Å². The molecular formula is C18H24N2O4S. The summed E-state index contributed by atoms with van der Waals surface area (Å²) in [5, 5.41) is 0.569. The van der Waals surface area contributed by atoms with Crippen molar-refractivity contribution in [1.29, 1.82) is 0 Å². The summed E-state index contributed by atoms with van der Waals surface area (Å²) in [6.45, 7) is 7.69. The fraction of sp³-hybridized carbons (Fsp3) is 0.500. The van der Waals surface area contributed by atoms with Crippen LogP contribution in [0.1, 0.15) is 20.8 Å². The lowest BCUT2D eigenvalue weighted by Crippen LogP contribution is -2.45. The normalized spacial score (nSPS) is 19.8. The van der Waals surface area contributed by atoms with Crippen LogP contribution < -0.4 is 14.4 Å². The van der Waals surface area contributed by atoms with Crippen LogP contribution in [0.5, 0.6) is 11.5 Å². The van der Waals surface area contributed by atoms with E-state index in [1.165, 1.54) is 0 Å². The van der Waals surface area contributed by atoms with Gasteiger partial charge in [0.15, 0.2) is 21.3 Å². The lowest BCUT2D eigenvalue weighted by atomic mass is 10.1. The highest BCUT2D eigenvalue weighted by Crippen LogP contribution is 2.36. The third kappa shape index (κ3) is 3.51. The van der Waals surface area contributed by atoms with Crippen molar-refractivity contribution in [2.45, 2.75) is 26.0 Å². The minimum atomic E-state index is -2.99. The van der Waals surface area contributed by atoms with E-state index in [4.69, 9.17) is 9.47 Å². The van der Waals surface area contributed by atoms with Crippen LogP contribution >= 0.6 is 0 Å². The maximum atomic E-state index is 12.0. The average Bonchev–Trinajstić information content (AvgIpc) is 2.58. The molecule has 1 saturated heterocycles. The zero-order valence-corrected chi connectivity index (χ0v) is 15.7. The molecule has 0 radical (unpaired) electrons. The number of rotatable bonds is 5. The Bertz CT molecular complexity index is 867.